The van der Waals surface area contributed by atoms with Gasteiger partial charge < -0.3 is 10.2 Å². The van der Waals surface area contributed by atoms with Crippen LogP contribution in [0.1, 0.15) is 0 Å². The molecule has 4 rings (SSSR count). The van der Waals surface area contributed by atoms with Gasteiger partial charge in [0, 0.05) is 0 Å². The van der Waals surface area contributed by atoms with E-state index in [1.165, 1.54) is 0 Å². The number of carbonyl (C=O) groups is 2. The molecule has 2 aromatic carbocycles. The van der Waals surface area contributed by atoms with Crippen LogP contribution in [0.3, 0.4) is 0 Å². The van der Waals surface area contributed by atoms with Crippen LogP contribution in [0.2, 0.25) is 0 Å². The molecule has 8 heteroatoms. The summed E-state index contributed by atoms with van der Waals surface area (Å²) in [6.45, 7) is 0. The number of carboxylic acid groups (broad SMARTS) is 2. The molecule has 24 heavy (non-hydrogen) atoms. The summed E-state index contributed by atoms with van der Waals surface area (Å²) < 4.78 is 1.88. The number of para-hydroxylation sites is 4. The molecule has 0 aliphatic heterocycles. The summed E-state index contributed by atoms with van der Waals surface area (Å²) in [4.78, 5) is 32.0. The maximum atomic E-state index is 11.7. The van der Waals surface area contributed by atoms with E-state index >= 15 is 0 Å². The molecule has 0 aliphatic carbocycles. The standard InChI is InChI=1S/C16H10N4O4/c21-15(22)19-11-7-3-1-5-9(11)17-13(19)14-18-10-6-2-4-8-12(10)20(14)16(23)24/h1-8H,(H,21,22)(H,23,24). The van der Waals surface area contributed by atoms with Gasteiger partial charge in [-0.1, -0.05) is 24.3 Å². The fourth-order valence-corrected chi connectivity index (χ4v) is 2.74. The molecular weight excluding hydrogens is 312 g/mol. The maximum Gasteiger partial charge on any atom is 0.417 e. The van der Waals surface area contributed by atoms with Crippen molar-refractivity contribution in [1.29, 1.82) is 0 Å². The second kappa shape index (κ2) is 4.92. The minimum atomic E-state index is -1.26. The second-order valence-electron chi connectivity index (χ2n) is 5.08. The molecule has 0 atom stereocenters. The number of fused-ring (bicyclic) bond motifs is 2. The highest BCUT2D eigenvalue weighted by Crippen LogP contribution is 2.27. The zero-order valence-corrected chi connectivity index (χ0v) is 12.1. The van der Waals surface area contributed by atoms with E-state index in [9.17, 15) is 19.8 Å². The van der Waals surface area contributed by atoms with E-state index in [1.54, 1.807) is 48.5 Å². The van der Waals surface area contributed by atoms with Gasteiger partial charge in [-0.05, 0) is 24.3 Å². The van der Waals surface area contributed by atoms with Gasteiger partial charge in [0.25, 0.3) is 0 Å². The van der Waals surface area contributed by atoms with Crippen LogP contribution in [0, 0.1) is 0 Å². The van der Waals surface area contributed by atoms with E-state index in [-0.39, 0.29) is 11.6 Å². The molecule has 0 aliphatic rings. The molecule has 0 unspecified atom stereocenters. The maximum absolute atomic E-state index is 11.7. The Balaban J connectivity index is 2.14. The third kappa shape index (κ3) is 1.86. The Kier molecular flexibility index (Phi) is 2.86. The van der Waals surface area contributed by atoms with E-state index in [2.05, 4.69) is 9.97 Å². The SMILES string of the molecule is O=C(O)n1c(-c2nc3ccccc3n2C(=O)O)nc2ccccc21. The van der Waals surface area contributed by atoms with Gasteiger partial charge in [0.1, 0.15) is 0 Å². The van der Waals surface area contributed by atoms with Gasteiger partial charge in [0.15, 0.2) is 11.6 Å². The molecule has 118 valence electrons. The van der Waals surface area contributed by atoms with Gasteiger partial charge in [-0.15, -0.1) is 0 Å². The van der Waals surface area contributed by atoms with E-state index in [0.717, 1.165) is 9.13 Å². The summed E-state index contributed by atoms with van der Waals surface area (Å²) in [5.74, 6) is -0.0791. The summed E-state index contributed by atoms with van der Waals surface area (Å²) in [7, 11) is 0. The van der Waals surface area contributed by atoms with Crippen LogP contribution in [-0.2, 0) is 0 Å². The van der Waals surface area contributed by atoms with Crippen molar-refractivity contribution in [2.75, 3.05) is 0 Å². The number of aromatic nitrogens is 4. The second-order valence-corrected chi connectivity index (χ2v) is 5.08. The minimum Gasteiger partial charge on any atom is -0.464 e. The Morgan fingerprint density at radius 3 is 1.46 bits per heavy atom. The van der Waals surface area contributed by atoms with Crippen molar-refractivity contribution >= 4 is 34.3 Å². The van der Waals surface area contributed by atoms with E-state index < -0.39 is 12.2 Å². The average Bonchev–Trinajstić information content (AvgIpc) is 3.12. The summed E-state index contributed by atoms with van der Waals surface area (Å²) in [5, 5.41) is 19.1. The molecule has 0 saturated carbocycles. The normalized spacial score (nSPS) is 11.2. The van der Waals surface area contributed by atoms with Crippen LogP contribution in [0.5, 0.6) is 0 Å². The Labute approximate surface area is 134 Å². The quantitative estimate of drug-likeness (QED) is 0.557. The van der Waals surface area contributed by atoms with Crippen LogP contribution in [0.4, 0.5) is 9.59 Å². The van der Waals surface area contributed by atoms with Crippen molar-refractivity contribution in [3.8, 4) is 11.6 Å². The lowest BCUT2D eigenvalue weighted by molar-refractivity contribution is 0.195. The van der Waals surface area contributed by atoms with Crippen LogP contribution in [0.15, 0.2) is 48.5 Å². The third-order valence-corrected chi connectivity index (χ3v) is 3.70. The van der Waals surface area contributed by atoms with Gasteiger partial charge in [-0.2, -0.15) is 0 Å². The number of hydrogen-bond donors (Lipinski definition) is 2. The van der Waals surface area contributed by atoms with Crippen molar-refractivity contribution in [3.05, 3.63) is 48.5 Å². The van der Waals surface area contributed by atoms with Gasteiger partial charge in [0.2, 0.25) is 0 Å². The predicted molar refractivity (Wildman–Crippen MR) is 85.3 cm³/mol. The van der Waals surface area contributed by atoms with E-state index in [4.69, 9.17) is 0 Å². The van der Waals surface area contributed by atoms with Crippen molar-refractivity contribution in [2.45, 2.75) is 0 Å². The van der Waals surface area contributed by atoms with Crippen molar-refractivity contribution in [3.63, 3.8) is 0 Å². The minimum absolute atomic E-state index is 0.0395. The zero-order valence-electron chi connectivity index (χ0n) is 12.1. The number of imidazole rings is 2. The number of rotatable bonds is 1. The fraction of sp³-hybridized carbons (Fsp3) is 0. The average molecular weight is 322 g/mol. The molecule has 0 spiro atoms. The van der Waals surface area contributed by atoms with Gasteiger partial charge >= 0.3 is 12.2 Å². The van der Waals surface area contributed by atoms with Crippen LogP contribution in [-0.4, -0.2) is 41.5 Å². The Morgan fingerprint density at radius 2 is 1.08 bits per heavy atom. The summed E-state index contributed by atoms with van der Waals surface area (Å²) >= 11 is 0. The molecule has 2 aromatic heterocycles. The first kappa shape index (κ1) is 13.9. The Bertz CT molecular complexity index is 1040. The van der Waals surface area contributed by atoms with Crippen LogP contribution >= 0.6 is 0 Å². The Hall–Kier alpha value is -3.68. The fourth-order valence-electron chi connectivity index (χ4n) is 2.74. The summed E-state index contributed by atoms with van der Waals surface area (Å²) in [6, 6.07) is 13.4. The first-order valence-corrected chi connectivity index (χ1v) is 7.00. The predicted octanol–water partition coefficient (Wildman–Crippen LogP) is 3.11. The lowest BCUT2D eigenvalue weighted by Gasteiger charge is -2.04. The zero-order chi connectivity index (χ0) is 16.8. The van der Waals surface area contributed by atoms with Gasteiger partial charge in [-0.3, -0.25) is 0 Å². The van der Waals surface area contributed by atoms with Gasteiger partial charge in [-0.25, -0.2) is 28.7 Å². The number of benzene rings is 2. The van der Waals surface area contributed by atoms with Gasteiger partial charge in [0.05, 0.1) is 22.1 Å². The van der Waals surface area contributed by atoms with Crippen molar-refractivity contribution in [1.82, 2.24) is 19.1 Å². The number of hydrogen-bond acceptors (Lipinski definition) is 4. The third-order valence-electron chi connectivity index (χ3n) is 3.70. The highest BCUT2D eigenvalue weighted by atomic mass is 16.4. The highest BCUT2D eigenvalue weighted by Gasteiger charge is 2.25. The molecule has 0 fully saturated rings. The largest absolute Gasteiger partial charge is 0.464 e. The molecule has 8 nitrogen and oxygen atoms in total. The molecule has 0 amide bonds. The smallest absolute Gasteiger partial charge is 0.417 e. The van der Waals surface area contributed by atoms with E-state index in [0.29, 0.717) is 22.1 Å². The molecule has 2 heterocycles. The first-order chi connectivity index (χ1) is 11.6. The lowest BCUT2D eigenvalue weighted by atomic mass is 10.3. The summed E-state index contributed by atoms with van der Waals surface area (Å²) in [6.07, 6.45) is -2.52. The Morgan fingerprint density at radius 1 is 0.708 bits per heavy atom. The van der Waals surface area contributed by atoms with Crippen LogP contribution < -0.4 is 0 Å². The van der Waals surface area contributed by atoms with Crippen molar-refractivity contribution < 1.29 is 19.8 Å². The first-order valence-electron chi connectivity index (χ1n) is 7.00. The van der Waals surface area contributed by atoms with Crippen molar-refractivity contribution in [2.24, 2.45) is 0 Å². The molecule has 2 N–H and O–H groups in total. The monoisotopic (exact) mass is 322 g/mol. The molecule has 0 saturated heterocycles. The molecule has 4 aromatic rings. The topological polar surface area (TPSA) is 110 Å². The summed E-state index contributed by atoms with van der Waals surface area (Å²) in [5.41, 5.74) is 1.62. The molecular formula is C16H10N4O4. The van der Waals surface area contributed by atoms with Crippen LogP contribution in [0.25, 0.3) is 33.7 Å². The highest BCUT2D eigenvalue weighted by molar-refractivity contribution is 5.95. The molecule has 0 bridgehead atoms. The lowest BCUT2D eigenvalue weighted by Crippen LogP contribution is -2.15. The number of nitrogens with zero attached hydrogens (tertiary/aromatic N) is 4. The molecule has 0 radical (unpaired) electrons. The van der Waals surface area contributed by atoms with E-state index in [1.807, 2.05) is 0 Å².